The molecule has 0 fully saturated rings. The molecule has 3 heteroatoms. The third-order valence-corrected chi connectivity index (χ3v) is 2.74. The molecule has 0 saturated carbocycles. The zero-order valence-electron chi connectivity index (χ0n) is 7.06. The highest BCUT2D eigenvalue weighted by Gasteiger charge is 2.14. The predicted molar refractivity (Wildman–Crippen MR) is 49.6 cm³/mol. The Morgan fingerprint density at radius 2 is 2.00 bits per heavy atom. The maximum atomic E-state index is 11.2. The van der Waals surface area contributed by atoms with Crippen molar-refractivity contribution in [3.63, 3.8) is 0 Å². The fourth-order valence-electron chi connectivity index (χ4n) is 0.977. The zero-order chi connectivity index (χ0) is 8.81. The van der Waals surface area contributed by atoms with Crippen LogP contribution in [0.15, 0.2) is 30.3 Å². The SMILES string of the molecule is COC[P+](=O)Cc1ccccc1. The van der Waals surface area contributed by atoms with Gasteiger partial charge in [0.05, 0.1) is 0 Å². The van der Waals surface area contributed by atoms with Gasteiger partial charge < -0.3 is 4.74 Å². The molecule has 0 amide bonds. The lowest BCUT2D eigenvalue weighted by Crippen LogP contribution is -1.84. The van der Waals surface area contributed by atoms with Crippen LogP contribution in [0, 0.1) is 0 Å². The molecule has 0 heterocycles. The van der Waals surface area contributed by atoms with Gasteiger partial charge in [0.2, 0.25) is 6.35 Å². The Balaban J connectivity index is 2.47. The summed E-state index contributed by atoms with van der Waals surface area (Å²) in [6, 6.07) is 9.80. The van der Waals surface area contributed by atoms with Crippen molar-refractivity contribution in [1.82, 2.24) is 0 Å². The van der Waals surface area contributed by atoms with E-state index in [1.54, 1.807) is 7.11 Å². The highest BCUT2D eigenvalue weighted by Crippen LogP contribution is 2.25. The van der Waals surface area contributed by atoms with Gasteiger partial charge in [-0.2, -0.15) is 0 Å². The summed E-state index contributed by atoms with van der Waals surface area (Å²) in [6.07, 6.45) is 0.967. The number of hydrogen-bond donors (Lipinski definition) is 0. The molecule has 12 heavy (non-hydrogen) atoms. The minimum atomic E-state index is -1.23. The van der Waals surface area contributed by atoms with E-state index in [0.29, 0.717) is 12.5 Å². The van der Waals surface area contributed by atoms with E-state index in [1.807, 2.05) is 30.3 Å². The Kier molecular flexibility index (Phi) is 3.92. The standard InChI is InChI=1S/C9H12O2P/c1-11-8-12(10)7-9-5-3-2-4-6-9/h2-6H,7-8H2,1H3/q+1. The molecule has 0 aliphatic rings. The van der Waals surface area contributed by atoms with Gasteiger partial charge in [-0.3, -0.25) is 0 Å². The molecular formula is C9H12O2P+. The Labute approximate surface area is 73.3 Å². The van der Waals surface area contributed by atoms with Crippen molar-refractivity contribution in [2.24, 2.45) is 0 Å². The maximum Gasteiger partial charge on any atom is 0.371 e. The monoisotopic (exact) mass is 183 g/mol. The molecule has 0 saturated heterocycles. The summed E-state index contributed by atoms with van der Waals surface area (Å²) >= 11 is 0. The van der Waals surface area contributed by atoms with Gasteiger partial charge in [0.25, 0.3) is 0 Å². The van der Waals surface area contributed by atoms with Crippen LogP contribution in [-0.4, -0.2) is 13.5 Å². The second kappa shape index (κ2) is 5.02. The topological polar surface area (TPSA) is 26.3 Å². The Morgan fingerprint density at radius 1 is 1.33 bits per heavy atom. The molecule has 0 aromatic heterocycles. The van der Waals surface area contributed by atoms with Crippen LogP contribution in [0.25, 0.3) is 0 Å². The summed E-state index contributed by atoms with van der Waals surface area (Å²) in [5, 5.41) is 0. The van der Waals surface area contributed by atoms with Crippen LogP contribution in [0.1, 0.15) is 5.56 Å². The second-order valence-electron chi connectivity index (χ2n) is 2.54. The van der Waals surface area contributed by atoms with Gasteiger partial charge in [0, 0.05) is 7.11 Å². The van der Waals surface area contributed by atoms with Crippen molar-refractivity contribution < 1.29 is 9.30 Å². The summed E-state index contributed by atoms with van der Waals surface area (Å²) in [4.78, 5) is 0. The number of methoxy groups -OCH3 is 1. The molecule has 1 rings (SSSR count). The van der Waals surface area contributed by atoms with E-state index in [0.717, 1.165) is 5.56 Å². The average molecular weight is 183 g/mol. The number of benzene rings is 1. The molecule has 1 atom stereocenters. The predicted octanol–water partition coefficient (Wildman–Crippen LogP) is 2.62. The maximum absolute atomic E-state index is 11.2. The first-order chi connectivity index (χ1) is 5.83. The first-order valence-electron chi connectivity index (χ1n) is 3.78. The van der Waals surface area contributed by atoms with E-state index < -0.39 is 7.80 Å². The first kappa shape index (κ1) is 9.37. The summed E-state index contributed by atoms with van der Waals surface area (Å²) in [6.45, 7) is 0. The number of ether oxygens (including phenoxy) is 1. The van der Waals surface area contributed by atoms with E-state index in [1.165, 1.54) is 0 Å². The van der Waals surface area contributed by atoms with Gasteiger partial charge in [-0.15, -0.1) is 0 Å². The summed E-state index contributed by atoms with van der Waals surface area (Å²) in [5.41, 5.74) is 1.11. The first-order valence-corrected chi connectivity index (χ1v) is 5.41. The van der Waals surface area contributed by atoms with E-state index in [9.17, 15) is 4.57 Å². The van der Waals surface area contributed by atoms with E-state index in [2.05, 4.69) is 0 Å². The lowest BCUT2D eigenvalue weighted by Gasteiger charge is -1.90. The van der Waals surface area contributed by atoms with Crippen molar-refractivity contribution in [2.75, 3.05) is 13.5 Å². The molecule has 0 N–H and O–H groups in total. The minimum absolute atomic E-state index is 0.351. The highest BCUT2D eigenvalue weighted by molar-refractivity contribution is 7.43. The van der Waals surface area contributed by atoms with Crippen LogP contribution in [-0.2, 0) is 15.5 Å². The summed E-state index contributed by atoms with van der Waals surface area (Å²) < 4.78 is 16.0. The van der Waals surface area contributed by atoms with Crippen LogP contribution in [0.4, 0.5) is 0 Å². The van der Waals surface area contributed by atoms with Crippen molar-refractivity contribution in [2.45, 2.75) is 6.16 Å². The molecule has 1 aromatic carbocycles. The molecule has 2 nitrogen and oxygen atoms in total. The third-order valence-electron chi connectivity index (χ3n) is 1.47. The molecule has 1 unspecified atom stereocenters. The Hall–Kier alpha value is -0.720. The van der Waals surface area contributed by atoms with Crippen LogP contribution < -0.4 is 0 Å². The molecule has 64 valence electrons. The van der Waals surface area contributed by atoms with E-state index in [4.69, 9.17) is 4.74 Å². The fourth-order valence-corrected chi connectivity index (χ4v) is 1.97. The quantitative estimate of drug-likeness (QED) is 0.670. The van der Waals surface area contributed by atoms with Gasteiger partial charge >= 0.3 is 7.80 Å². The van der Waals surface area contributed by atoms with Crippen molar-refractivity contribution in [3.05, 3.63) is 35.9 Å². The third kappa shape index (κ3) is 3.12. The van der Waals surface area contributed by atoms with Gasteiger partial charge in [0.1, 0.15) is 0 Å². The highest BCUT2D eigenvalue weighted by atomic mass is 31.1. The van der Waals surface area contributed by atoms with Crippen LogP contribution in [0.2, 0.25) is 0 Å². The van der Waals surface area contributed by atoms with Crippen LogP contribution >= 0.6 is 7.80 Å². The largest absolute Gasteiger partial charge is 0.371 e. The number of hydrogen-bond acceptors (Lipinski definition) is 2. The lowest BCUT2D eigenvalue weighted by atomic mass is 10.2. The molecule has 0 aliphatic heterocycles. The molecule has 0 spiro atoms. The van der Waals surface area contributed by atoms with Gasteiger partial charge in [-0.25, -0.2) is 0 Å². The van der Waals surface area contributed by atoms with Gasteiger partial charge in [0.15, 0.2) is 6.16 Å². The Bertz CT molecular complexity index is 246. The molecule has 0 aliphatic carbocycles. The van der Waals surface area contributed by atoms with Crippen molar-refractivity contribution >= 4 is 7.80 Å². The molecule has 1 aromatic rings. The van der Waals surface area contributed by atoms with Crippen molar-refractivity contribution in [3.8, 4) is 0 Å². The summed E-state index contributed by atoms with van der Waals surface area (Å²) in [5.74, 6) is 0. The molecule has 0 radical (unpaired) electrons. The summed E-state index contributed by atoms with van der Waals surface area (Å²) in [7, 11) is 0.339. The van der Waals surface area contributed by atoms with E-state index >= 15 is 0 Å². The zero-order valence-corrected chi connectivity index (χ0v) is 7.96. The van der Waals surface area contributed by atoms with Crippen LogP contribution in [0.3, 0.4) is 0 Å². The molecule has 0 bridgehead atoms. The van der Waals surface area contributed by atoms with Gasteiger partial charge in [-0.1, -0.05) is 34.9 Å². The Morgan fingerprint density at radius 3 is 2.58 bits per heavy atom. The number of rotatable bonds is 4. The minimum Gasteiger partial charge on any atom is -0.341 e. The molecular weight excluding hydrogens is 171 g/mol. The smallest absolute Gasteiger partial charge is 0.341 e. The van der Waals surface area contributed by atoms with Crippen molar-refractivity contribution in [1.29, 1.82) is 0 Å². The van der Waals surface area contributed by atoms with Gasteiger partial charge in [-0.05, 0) is 5.56 Å². The average Bonchev–Trinajstić information content (AvgIpc) is 2.06. The second-order valence-corrected chi connectivity index (χ2v) is 4.08. The van der Waals surface area contributed by atoms with E-state index in [-0.39, 0.29) is 0 Å². The normalized spacial score (nSPS) is 11.2. The lowest BCUT2D eigenvalue weighted by molar-refractivity contribution is 0.251. The fraction of sp³-hybridized carbons (Fsp3) is 0.333. The van der Waals surface area contributed by atoms with Crippen LogP contribution in [0.5, 0.6) is 0 Å².